The molecule has 3 amide bonds. The molecule has 10 aliphatic carbocycles. The van der Waals surface area contributed by atoms with E-state index in [1.807, 2.05) is 0 Å². The predicted molar refractivity (Wildman–Crippen MR) is 308 cm³/mol. The summed E-state index contributed by atoms with van der Waals surface area (Å²) in [5, 5.41) is 13.0. The number of carbonyl (C=O) groups excluding carboxylic acids is 4. The van der Waals surface area contributed by atoms with E-state index in [2.05, 4.69) is 130 Å². The molecule has 10 fully saturated rings. The van der Waals surface area contributed by atoms with E-state index in [0.717, 1.165) is 63.7 Å². The van der Waals surface area contributed by atoms with E-state index >= 15 is 9.59 Å². The van der Waals surface area contributed by atoms with Gasteiger partial charge in [0, 0.05) is 111 Å². The van der Waals surface area contributed by atoms with Crippen LogP contribution in [0.5, 0.6) is 0 Å². The minimum absolute atomic E-state index is 0. The molecule has 435 valence electrons. The molecule has 11 heteroatoms. The average molecular weight is 1310 g/mol. The standard InChI is InChI=1S/C68H108N4O4.3Y/c1-41(2)44-23-33-67(37-35-63(12)46(54(44)67)19-21-52-61(10)29-17-27-59(6,7)50(61)25-31-65(52,63)14)57(75)70-39-48(43(5)73)72-56(74)49(69-16)40-71-58(76)68-34-24-45(42(3)4)55(68)47-20-22-53-62(11)30-18-28-60(8,9)51(62)26-32-66(53,15)64(47,13)36-38-68;;;/h27-28,44-55,69H,1,3,17-26,29-40H2,2,4-16H3,(H,70,75)(H,71,76)(H,72,74);;;/q-2;;;. The Hall–Kier alpha value is 0.832. The van der Waals surface area contributed by atoms with Crippen molar-refractivity contribution in [1.82, 2.24) is 21.3 Å². The van der Waals surface area contributed by atoms with Gasteiger partial charge in [0.25, 0.3) is 0 Å². The number of ketones is 1. The van der Waals surface area contributed by atoms with Crippen LogP contribution in [-0.4, -0.2) is 55.7 Å². The van der Waals surface area contributed by atoms with Crippen LogP contribution in [0.3, 0.4) is 0 Å². The van der Waals surface area contributed by atoms with E-state index in [9.17, 15) is 9.59 Å². The normalized spacial score (nSPS) is 46.4. The van der Waals surface area contributed by atoms with E-state index in [4.69, 9.17) is 0 Å². The Morgan fingerprint density at radius 3 is 1.24 bits per heavy atom. The van der Waals surface area contributed by atoms with E-state index in [0.29, 0.717) is 52.3 Å². The van der Waals surface area contributed by atoms with Crippen molar-refractivity contribution < 1.29 is 117 Å². The van der Waals surface area contributed by atoms with Crippen molar-refractivity contribution in [2.75, 3.05) is 20.1 Å². The SMILES string of the molecule is C=C(C)C1CCC2(C(=O)NCC(NC(=O)C(CNC(=O)C34CCC(C(=C)C)C3C3CCC5C6(C)CC[CH-]C(C)(C)C6CCC5(C)C3(C)CC4)NC)C(C)=O)CCC3(C)C(CCC4C5(C)CC[CH-]C(C)(C)C5CCC43C)C12.[Y].[Y].[Y]. The molecule has 0 aromatic rings. The van der Waals surface area contributed by atoms with Gasteiger partial charge in [0.1, 0.15) is 12.1 Å². The molecule has 0 heterocycles. The maximum Gasteiger partial charge on any atom is 0.239 e. The third-order valence-corrected chi connectivity index (χ3v) is 28.5. The molecule has 10 rings (SSSR count). The number of carbonyl (C=O) groups is 4. The van der Waals surface area contributed by atoms with Crippen LogP contribution in [0.2, 0.25) is 0 Å². The Morgan fingerprint density at radius 1 is 0.481 bits per heavy atom. The van der Waals surface area contributed by atoms with Crippen LogP contribution in [0.25, 0.3) is 0 Å². The number of Topliss-reactive ketones (excluding diaryl/α,β-unsaturated/α-hetero) is 1. The molecule has 79 heavy (non-hydrogen) atoms. The zero-order chi connectivity index (χ0) is 55.2. The Labute approximate surface area is 557 Å². The number of fused-ring (bicyclic) bond motifs is 14. The Balaban J connectivity index is 0.00000301. The van der Waals surface area contributed by atoms with E-state index in [1.165, 1.54) is 88.7 Å². The molecule has 20 atom stereocenters. The fourth-order valence-electron chi connectivity index (χ4n) is 24.4. The molecule has 0 aromatic heterocycles. The molecule has 10 saturated carbocycles. The van der Waals surface area contributed by atoms with E-state index in [1.54, 1.807) is 7.05 Å². The second kappa shape index (κ2) is 23.4. The van der Waals surface area contributed by atoms with Crippen LogP contribution in [0, 0.1) is 126 Å². The van der Waals surface area contributed by atoms with Gasteiger partial charge in [-0.1, -0.05) is 131 Å². The summed E-state index contributed by atoms with van der Waals surface area (Å²) in [6, 6.07) is -1.63. The van der Waals surface area contributed by atoms with Crippen molar-refractivity contribution in [1.29, 1.82) is 0 Å². The number of hydrogen-bond acceptors (Lipinski definition) is 5. The maximum absolute atomic E-state index is 15.2. The van der Waals surface area contributed by atoms with Gasteiger partial charge in [-0.2, -0.15) is 23.7 Å². The summed E-state index contributed by atoms with van der Waals surface area (Å²) in [4.78, 5) is 58.1. The van der Waals surface area contributed by atoms with Gasteiger partial charge < -0.3 is 34.1 Å². The number of allylic oxidation sites excluding steroid dienone is 2. The first-order valence-corrected chi connectivity index (χ1v) is 31.5. The number of hydrogen-bond donors (Lipinski definition) is 4. The van der Waals surface area contributed by atoms with Crippen LogP contribution < -0.4 is 21.3 Å². The fraction of sp³-hybridized carbons (Fsp3) is 0.853. The first-order chi connectivity index (χ1) is 35.5. The van der Waals surface area contributed by atoms with Crippen LogP contribution in [0.4, 0.5) is 0 Å². The van der Waals surface area contributed by atoms with Crippen LogP contribution in [0.15, 0.2) is 24.3 Å². The molecule has 0 aliphatic heterocycles. The Kier molecular flexibility index (Phi) is 20.0. The maximum atomic E-state index is 15.2. The van der Waals surface area contributed by atoms with Crippen molar-refractivity contribution in [2.45, 2.75) is 231 Å². The smallest absolute Gasteiger partial charge is 0.239 e. The number of nitrogens with one attached hydrogen (secondary N) is 4. The summed E-state index contributed by atoms with van der Waals surface area (Å²) >= 11 is 0. The molecular weight excluding hydrogens is 1200 g/mol. The molecule has 8 nitrogen and oxygen atoms in total. The largest absolute Gasteiger partial charge is 0.354 e. The van der Waals surface area contributed by atoms with Gasteiger partial charge in [-0.05, 0) is 198 Å². The summed E-state index contributed by atoms with van der Waals surface area (Å²) in [5.41, 5.74) is 3.24. The van der Waals surface area contributed by atoms with Gasteiger partial charge in [-0.3, -0.25) is 19.2 Å². The third-order valence-electron chi connectivity index (χ3n) is 28.5. The van der Waals surface area contributed by atoms with Crippen LogP contribution in [0.1, 0.15) is 218 Å². The number of amides is 3. The van der Waals surface area contributed by atoms with Crippen molar-refractivity contribution in [2.24, 2.45) is 113 Å². The molecule has 10 aliphatic rings. The summed E-state index contributed by atoms with van der Waals surface area (Å²) in [6.45, 7) is 41.1. The fourth-order valence-corrected chi connectivity index (χ4v) is 24.4. The van der Waals surface area contributed by atoms with Crippen LogP contribution >= 0.6 is 0 Å². The molecule has 0 spiro atoms. The molecule has 0 saturated heterocycles. The average Bonchev–Trinajstić information content (AvgIpc) is 4.10. The van der Waals surface area contributed by atoms with Gasteiger partial charge in [0.2, 0.25) is 17.7 Å². The van der Waals surface area contributed by atoms with E-state index in [-0.39, 0.29) is 179 Å². The molecule has 4 N–H and O–H groups in total. The van der Waals surface area contributed by atoms with Crippen molar-refractivity contribution in [3.05, 3.63) is 37.1 Å². The van der Waals surface area contributed by atoms with Gasteiger partial charge in [-0.15, -0.1) is 0 Å². The predicted octanol–water partition coefficient (Wildman–Crippen LogP) is 13.6. The summed E-state index contributed by atoms with van der Waals surface area (Å²) < 4.78 is 0. The van der Waals surface area contributed by atoms with E-state index < -0.39 is 22.9 Å². The van der Waals surface area contributed by atoms with Crippen molar-refractivity contribution in [3.8, 4) is 0 Å². The summed E-state index contributed by atoms with van der Waals surface area (Å²) in [5.74, 6) is 4.29. The second-order valence-corrected chi connectivity index (χ2v) is 31.7. The molecule has 0 bridgehead atoms. The molecule has 0 aromatic carbocycles. The first-order valence-electron chi connectivity index (χ1n) is 31.5. The minimum atomic E-state index is -0.885. The molecular formula is C68H108N4O4Y3-2. The van der Waals surface area contributed by atoms with Gasteiger partial charge >= 0.3 is 0 Å². The van der Waals surface area contributed by atoms with Gasteiger partial charge in [-0.25, -0.2) is 0 Å². The zero-order valence-electron chi connectivity index (χ0n) is 52.4. The summed E-state index contributed by atoms with van der Waals surface area (Å²) in [6.07, 6.45) is 27.6. The molecule has 20 unspecified atom stereocenters. The third kappa shape index (κ3) is 10.1. The zero-order valence-corrected chi connectivity index (χ0v) is 60.9. The van der Waals surface area contributed by atoms with Crippen molar-refractivity contribution >= 4 is 23.5 Å². The van der Waals surface area contributed by atoms with Gasteiger partial charge in [0.05, 0.1) is 10.8 Å². The Morgan fingerprint density at radius 2 is 0.873 bits per heavy atom. The minimum Gasteiger partial charge on any atom is -0.354 e. The summed E-state index contributed by atoms with van der Waals surface area (Å²) in [7, 11) is 1.75. The first kappa shape index (κ1) is 67.3. The van der Waals surface area contributed by atoms with Crippen molar-refractivity contribution in [3.63, 3.8) is 0 Å². The quantitative estimate of drug-likeness (QED) is 0.115. The monoisotopic (exact) mass is 1310 g/mol. The van der Waals surface area contributed by atoms with Gasteiger partial charge in [0.15, 0.2) is 5.78 Å². The Bertz CT molecular complexity index is 2370. The second-order valence-electron chi connectivity index (χ2n) is 31.7. The number of rotatable bonds is 12. The van der Waals surface area contributed by atoms with Crippen LogP contribution in [-0.2, 0) is 117 Å². The number of likely N-dealkylation sites (N-methyl/N-ethyl adjacent to an activating group) is 1. The molecule has 3 radical (unpaired) electrons. The topological polar surface area (TPSA) is 116 Å².